The maximum absolute atomic E-state index is 11.8. The minimum absolute atomic E-state index is 0.292. The average Bonchev–Trinajstić information content (AvgIpc) is 3.11. The minimum atomic E-state index is -0.292. The Morgan fingerprint density at radius 2 is 2.06 bits per heavy atom. The highest BCUT2D eigenvalue weighted by molar-refractivity contribution is 5.71. The zero-order valence-corrected chi connectivity index (χ0v) is 9.13. The van der Waals surface area contributed by atoms with Crippen LogP contribution >= 0.6 is 0 Å². The van der Waals surface area contributed by atoms with Crippen LogP contribution in [0.15, 0.2) is 30.3 Å². The van der Waals surface area contributed by atoms with Gasteiger partial charge in [0, 0.05) is 19.1 Å². The molecule has 0 atom stereocenters. The van der Waals surface area contributed by atoms with Gasteiger partial charge in [0.05, 0.1) is 0 Å². The van der Waals surface area contributed by atoms with Gasteiger partial charge in [0.2, 0.25) is 0 Å². The third-order valence-electron chi connectivity index (χ3n) is 2.54. The van der Waals surface area contributed by atoms with Gasteiger partial charge in [-0.1, -0.05) is 18.2 Å². The van der Waals surface area contributed by atoms with Crippen LogP contribution in [0.3, 0.4) is 0 Å². The Hall–Kier alpha value is -1.55. The molecule has 4 heteroatoms. The van der Waals surface area contributed by atoms with E-state index in [1.54, 1.807) is 17.0 Å². The van der Waals surface area contributed by atoms with Crippen molar-refractivity contribution in [2.75, 3.05) is 13.1 Å². The third kappa shape index (κ3) is 2.73. The van der Waals surface area contributed by atoms with Gasteiger partial charge in [0.15, 0.2) is 0 Å². The summed E-state index contributed by atoms with van der Waals surface area (Å²) >= 11 is 0. The van der Waals surface area contributed by atoms with Gasteiger partial charge in [-0.2, -0.15) is 0 Å². The molecule has 1 amide bonds. The monoisotopic (exact) mass is 220 g/mol. The highest BCUT2D eigenvalue weighted by atomic mass is 16.6. The Balaban J connectivity index is 1.95. The summed E-state index contributed by atoms with van der Waals surface area (Å²) in [6, 6.07) is 9.44. The summed E-state index contributed by atoms with van der Waals surface area (Å²) in [7, 11) is 0. The standard InChI is InChI=1S/C12H16N2O2/c13-8-9-14(10-6-7-10)12(15)16-11-4-2-1-3-5-11/h1-5,10H,6-9,13H2. The molecule has 16 heavy (non-hydrogen) atoms. The fraction of sp³-hybridized carbons (Fsp3) is 0.417. The molecule has 0 unspecified atom stereocenters. The molecule has 2 rings (SSSR count). The summed E-state index contributed by atoms with van der Waals surface area (Å²) in [5.41, 5.74) is 5.48. The predicted octanol–water partition coefficient (Wildman–Crippen LogP) is 1.61. The van der Waals surface area contributed by atoms with Gasteiger partial charge < -0.3 is 15.4 Å². The number of nitrogens with zero attached hydrogens (tertiary/aromatic N) is 1. The van der Waals surface area contributed by atoms with Gasteiger partial charge in [-0.15, -0.1) is 0 Å². The third-order valence-corrected chi connectivity index (χ3v) is 2.54. The lowest BCUT2D eigenvalue weighted by Gasteiger charge is -2.20. The van der Waals surface area contributed by atoms with E-state index < -0.39 is 0 Å². The van der Waals surface area contributed by atoms with Crippen molar-refractivity contribution in [2.45, 2.75) is 18.9 Å². The van der Waals surface area contributed by atoms with Gasteiger partial charge in [0.1, 0.15) is 5.75 Å². The molecule has 0 spiro atoms. The molecule has 0 heterocycles. The fourth-order valence-electron chi connectivity index (χ4n) is 1.60. The maximum Gasteiger partial charge on any atom is 0.415 e. The molecule has 1 aromatic rings. The van der Waals surface area contributed by atoms with Crippen LogP contribution in [0.2, 0.25) is 0 Å². The minimum Gasteiger partial charge on any atom is -0.410 e. The summed E-state index contributed by atoms with van der Waals surface area (Å²) in [4.78, 5) is 13.5. The predicted molar refractivity (Wildman–Crippen MR) is 61.2 cm³/mol. The molecular weight excluding hydrogens is 204 g/mol. The van der Waals surface area contributed by atoms with E-state index in [1.807, 2.05) is 18.2 Å². The van der Waals surface area contributed by atoms with Crippen LogP contribution in [0, 0.1) is 0 Å². The van der Waals surface area contributed by atoms with E-state index in [2.05, 4.69) is 0 Å². The Kier molecular flexibility index (Phi) is 3.41. The van der Waals surface area contributed by atoms with Crippen molar-refractivity contribution >= 4 is 6.09 Å². The van der Waals surface area contributed by atoms with Crippen LogP contribution < -0.4 is 10.5 Å². The first-order chi connectivity index (χ1) is 7.81. The molecule has 1 aliphatic rings. The fourth-order valence-corrected chi connectivity index (χ4v) is 1.60. The van der Waals surface area contributed by atoms with Crippen molar-refractivity contribution in [3.8, 4) is 5.75 Å². The molecule has 1 aliphatic carbocycles. The highest BCUT2D eigenvalue weighted by Crippen LogP contribution is 2.27. The zero-order chi connectivity index (χ0) is 11.4. The summed E-state index contributed by atoms with van der Waals surface area (Å²) in [5, 5.41) is 0. The van der Waals surface area contributed by atoms with E-state index in [0.717, 1.165) is 12.8 Å². The number of ether oxygens (including phenoxy) is 1. The number of amides is 1. The van der Waals surface area contributed by atoms with Crippen LogP contribution in [0.4, 0.5) is 4.79 Å². The Morgan fingerprint density at radius 1 is 1.38 bits per heavy atom. The number of carbonyl (C=O) groups is 1. The summed E-state index contributed by atoms with van der Waals surface area (Å²) in [5.74, 6) is 0.579. The molecule has 0 saturated heterocycles. The second-order valence-electron chi connectivity index (χ2n) is 3.89. The summed E-state index contributed by atoms with van der Waals surface area (Å²) in [6.45, 7) is 1.04. The quantitative estimate of drug-likeness (QED) is 0.838. The smallest absolute Gasteiger partial charge is 0.410 e. The van der Waals surface area contributed by atoms with Gasteiger partial charge >= 0.3 is 6.09 Å². The molecule has 86 valence electrons. The molecule has 1 saturated carbocycles. The van der Waals surface area contributed by atoms with E-state index in [0.29, 0.717) is 24.9 Å². The number of hydrogen-bond acceptors (Lipinski definition) is 3. The highest BCUT2D eigenvalue weighted by Gasteiger charge is 2.33. The molecule has 2 N–H and O–H groups in total. The Bertz CT molecular complexity index is 349. The van der Waals surface area contributed by atoms with Crippen LogP contribution in [0.5, 0.6) is 5.75 Å². The van der Waals surface area contributed by atoms with E-state index in [1.165, 1.54) is 0 Å². The lowest BCUT2D eigenvalue weighted by atomic mass is 10.3. The van der Waals surface area contributed by atoms with Crippen LogP contribution in [0.25, 0.3) is 0 Å². The topological polar surface area (TPSA) is 55.6 Å². The van der Waals surface area contributed by atoms with Crippen molar-refractivity contribution in [3.05, 3.63) is 30.3 Å². The summed E-state index contributed by atoms with van der Waals surface area (Å²) < 4.78 is 5.26. The van der Waals surface area contributed by atoms with Gasteiger partial charge in [-0.3, -0.25) is 0 Å². The molecular formula is C12H16N2O2. The van der Waals surface area contributed by atoms with E-state index in [9.17, 15) is 4.79 Å². The van der Waals surface area contributed by atoms with Crippen molar-refractivity contribution < 1.29 is 9.53 Å². The van der Waals surface area contributed by atoms with Crippen molar-refractivity contribution in [2.24, 2.45) is 5.73 Å². The van der Waals surface area contributed by atoms with Gasteiger partial charge in [0.25, 0.3) is 0 Å². The maximum atomic E-state index is 11.8. The molecule has 1 aromatic carbocycles. The van der Waals surface area contributed by atoms with Crippen molar-refractivity contribution in [1.29, 1.82) is 0 Å². The number of nitrogens with two attached hydrogens (primary N) is 1. The van der Waals surface area contributed by atoms with Crippen molar-refractivity contribution in [3.63, 3.8) is 0 Å². The number of rotatable bonds is 4. The number of carbonyl (C=O) groups excluding carboxylic acids is 1. The Morgan fingerprint density at radius 3 is 2.62 bits per heavy atom. The largest absolute Gasteiger partial charge is 0.415 e. The number of benzene rings is 1. The first-order valence-electron chi connectivity index (χ1n) is 5.55. The van der Waals surface area contributed by atoms with E-state index in [-0.39, 0.29) is 6.09 Å². The number of para-hydroxylation sites is 1. The van der Waals surface area contributed by atoms with Gasteiger partial charge in [-0.25, -0.2) is 4.79 Å². The normalized spacial score (nSPS) is 14.6. The van der Waals surface area contributed by atoms with Crippen molar-refractivity contribution in [1.82, 2.24) is 4.90 Å². The Labute approximate surface area is 95.0 Å². The molecule has 0 radical (unpaired) electrons. The zero-order valence-electron chi connectivity index (χ0n) is 9.13. The van der Waals surface area contributed by atoms with Crippen LogP contribution in [-0.4, -0.2) is 30.1 Å². The molecule has 4 nitrogen and oxygen atoms in total. The SMILES string of the molecule is NCCN(C(=O)Oc1ccccc1)C1CC1. The lowest BCUT2D eigenvalue weighted by Crippen LogP contribution is -2.39. The molecule has 0 aromatic heterocycles. The van der Waals surface area contributed by atoms with E-state index in [4.69, 9.17) is 10.5 Å². The molecule has 1 fully saturated rings. The van der Waals surface area contributed by atoms with Gasteiger partial charge in [-0.05, 0) is 25.0 Å². The first-order valence-corrected chi connectivity index (χ1v) is 5.55. The molecule has 0 bridgehead atoms. The second kappa shape index (κ2) is 4.99. The number of hydrogen-bond donors (Lipinski definition) is 1. The second-order valence-corrected chi connectivity index (χ2v) is 3.89. The van der Waals surface area contributed by atoms with E-state index >= 15 is 0 Å². The summed E-state index contributed by atoms with van der Waals surface area (Å²) in [6.07, 6.45) is 1.83. The first kappa shape index (κ1) is 11.0. The molecule has 0 aliphatic heterocycles. The van der Waals surface area contributed by atoms with Crippen LogP contribution in [0.1, 0.15) is 12.8 Å². The van der Waals surface area contributed by atoms with Crippen LogP contribution in [-0.2, 0) is 0 Å². The average molecular weight is 220 g/mol. The lowest BCUT2D eigenvalue weighted by molar-refractivity contribution is 0.150.